The van der Waals surface area contributed by atoms with Crippen molar-refractivity contribution in [1.29, 1.82) is 5.26 Å². The van der Waals surface area contributed by atoms with Crippen molar-refractivity contribution >= 4 is 38.6 Å². The van der Waals surface area contributed by atoms with Gasteiger partial charge in [-0.1, -0.05) is 40.2 Å². The Morgan fingerprint density at radius 1 is 1.12 bits per heavy atom. The number of halogens is 1. The highest BCUT2D eigenvalue weighted by atomic mass is 79.9. The van der Waals surface area contributed by atoms with Gasteiger partial charge in [-0.3, -0.25) is 0 Å². The summed E-state index contributed by atoms with van der Waals surface area (Å²) in [7, 11) is 1.91. The number of allylic oxidation sites excluding steroid dienone is 1. The molecule has 0 N–H and O–H groups in total. The topological polar surface area (TPSA) is 54.8 Å². The normalized spacial score (nSPS) is 11.7. The van der Waals surface area contributed by atoms with Gasteiger partial charge in [-0.2, -0.15) is 5.26 Å². The number of imidazole rings is 1. The van der Waals surface area contributed by atoms with Crippen LogP contribution in [-0.4, -0.2) is 9.55 Å². The molecule has 26 heavy (non-hydrogen) atoms. The van der Waals surface area contributed by atoms with Crippen molar-refractivity contribution in [2.24, 2.45) is 7.05 Å². The molecule has 4 aromatic rings. The number of rotatable bonds is 3. The predicted molar refractivity (Wildman–Crippen MR) is 106 cm³/mol. The largest absolute Gasteiger partial charge is 0.457 e. The number of para-hydroxylation sites is 2. The number of nitrogens with zero attached hydrogens (tertiary/aromatic N) is 3. The molecular weight excluding hydrogens is 390 g/mol. The van der Waals surface area contributed by atoms with Gasteiger partial charge in [0.2, 0.25) is 0 Å². The van der Waals surface area contributed by atoms with Crippen molar-refractivity contribution in [3.8, 4) is 17.4 Å². The van der Waals surface area contributed by atoms with E-state index in [4.69, 9.17) is 4.42 Å². The minimum Gasteiger partial charge on any atom is -0.457 e. The summed E-state index contributed by atoms with van der Waals surface area (Å²) in [4.78, 5) is 4.58. The monoisotopic (exact) mass is 403 g/mol. The zero-order valence-electron chi connectivity index (χ0n) is 14.0. The maximum absolute atomic E-state index is 9.63. The second-order valence-corrected chi connectivity index (χ2v) is 6.78. The van der Waals surface area contributed by atoms with Crippen LogP contribution in [0.1, 0.15) is 11.6 Å². The van der Waals surface area contributed by atoms with Gasteiger partial charge in [0.15, 0.2) is 5.82 Å². The summed E-state index contributed by atoms with van der Waals surface area (Å²) in [6.45, 7) is 0. The highest BCUT2D eigenvalue weighted by Crippen LogP contribution is 2.27. The number of hydrogen-bond acceptors (Lipinski definition) is 3. The third-order valence-corrected chi connectivity index (χ3v) is 4.72. The molecule has 0 spiro atoms. The molecule has 0 atom stereocenters. The van der Waals surface area contributed by atoms with E-state index >= 15 is 0 Å². The zero-order chi connectivity index (χ0) is 18.1. The van der Waals surface area contributed by atoms with E-state index in [9.17, 15) is 5.26 Å². The molecule has 0 aliphatic heterocycles. The van der Waals surface area contributed by atoms with Gasteiger partial charge in [0.1, 0.15) is 17.6 Å². The van der Waals surface area contributed by atoms with Gasteiger partial charge in [0.05, 0.1) is 16.6 Å². The van der Waals surface area contributed by atoms with Crippen molar-refractivity contribution in [3.05, 3.63) is 76.7 Å². The molecule has 0 bridgehead atoms. The van der Waals surface area contributed by atoms with Gasteiger partial charge in [-0.05, 0) is 36.4 Å². The molecule has 126 valence electrons. The average molecular weight is 404 g/mol. The van der Waals surface area contributed by atoms with Crippen LogP contribution in [0.4, 0.5) is 0 Å². The Bertz CT molecular complexity index is 1160. The first-order valence-corrected chi connectivity index (χ1v) is 8.84. The van der Waals surface area contributed by atoms with Crippen molar-refractivity contribution in [2.75, 3.05) is 0 Å². The molecule has 4 nitrogen and oxygen atoms in total. The lowest BCUT2D eigenvalue weighted by molar-refractivity contribution is 0.572. The Balaban J connectivity index is 1.73. The van der Waals surface area contributed by atoms with Crippen LogP contribution >= 0.6 is 15.9 Å². The standard InChI is InChI=1S/C21H14BrN3O/c1-25-19-5-3-2-4-18(19)24-21(25)15(13-23)12-17-10-11-20(26-17)14-6-8-16(22)9-7-14/h2-12H,1H3. The van der Waals surface area contributed by atoms with E-state index in [0.717, 1.165) is 26.8 Å². The van der Waals surface area contributed by atoms with E-state index in [0.29, 0.717) is 17.2 Å². The fraction of sp³-hybridized carbons (Fsp3) is 0.0476. The molecule has 2 heterocycles. The molecule has 0 aliphatic rings. The number of aryl methyl sites for hydroxylation is 1. The number of fused-ring (bicyclic) bond motifs is 1. The zero-order valence-corrected chi connectivity index (χ0v) is 15.6. The second kappa shape index (κ2) is 6.66. The summed E-state index contributed by atoms with van der Waals surface area (Å²) in [6, 6.07) is 21.7. The number of hydrogen-bond donors (Lipinski definition) is 0. The first-order valence-electron chi connectivity index (χ1n) is 8.05. The third-order valence-electron chi connectivity index (χ3n) is 4.19. The van der Waals surface area contributed by atoms with Gasteiger partial charge in [-0.25, -0.2) is 4.98 Å². The summed E-state index contributed by atoms with van der Waals surface area (Å²) < 4.78 is 8.83. The summed E-state index contributed by atoms with van der Waals surface area (Å²) in [5.41, 5.74) is 3.29. The summed E-state index contributed by atoms with van der Waals surface area (Å²) >= 11 is 3.43. The van der Waals surface area contributed by atoms with Crippen LogP contribution in [0, 0.1) is 11.3 Å². The number of furan rings is 1. The van der Waals surface area contributed by atoms with Gasteiger partial charge in [0, 0.05) is 23.2 Å². The van der Waals surface area contributed by atoms with Crippen LogP contribution < -0.4 is 0 Å². The SMILES string of the molecule is Cn1c(C(C#N)=Cc2ccc(-c3ccc(Br)cc3)o2)nc2ccccc21. The molecule has 0 saturated heterocycles. The lowest BCUT2D eigenvalue weighted by Crippen LogP contribution is -1.95. The molecule has 5 heteroatoms. The predicted octanol–water partition coefficient (Wildman–Crippen LogP) is 5.66. The van der Waals surface area contributed by atoms with Gasteiger partial charge in [-0.15, -0.1) is 0 Å². The molecule has 0 saturated carbocycles. The first kappa shape index (κ1) is 16.4. The van der Waals surface area contributed by atoms with E-state index in [1.54, 1.807) is 6.08 Å². The lowest BCUT2D eigenvalue weighted by Gasteiger charge is -2.00. The Morgan fingerprint density at radius 3 is 2.62 bits per heavy atom. The van der Waals surface area contributed by atoms with Crippen LogP contribution in [0.5, 0.6) is 0 Å². The minimum absolute atomic E-state index is 0.459. The molecule has 0 amide bonds. The molecular formula is C21H14BrN3O. The van der Waals surface area contributed by atoms with Crippen LogP contribution in [0.2, 0.25) is 0 Å². The molecule has 0 aliphatic carbocycles. The van der Waals surface area contributed by atoms with Gasteiger partial charge < -0.3 is 8.98 Å². The fourth-order valence-corrected chi connectivity index (χ4v) is 3.14. The molecule has 2 aromatic carbocycles. The molecule has 0 unspecified atom stereocenters. The average Bonchev–Trinajstić information content (AvgIpc) is 3.26. The van der Waals surface area contributed by atoms with Crippen molar-refractivity contribution in [3.63, 3.8) is 0 Å². The Kier molecular flexibility index (Phi) is 4.19. The molecule has 0 fully saturated rings. The van der Waals surface area contributed by atoms with E-state index in [-0.39, 0.29) is 0 Å². The van der Waals surface area contributed by atoms with E-state index in [2.05, 4.69) is 27.0 Å². The van der Waals surface area contributed by atoms with Gasteiger partial charge >= 0.3 is 0 Å². The van der Waals surface area contributed by atoms with E-state index in [1.165, 1.54) is 0 Å². The molecule has 0 radical (unpaired) electrons. The quantitative estimate of drug-likeness (QED) is 0.414. The van der Waals surface area contributed by atoms with Crippen LogP contribution in [-0.2, 0) is 7.05 Å². The lowest BCUT2D eigenvalue weighted by atomic mass is 10.2. The van der Waals surface area contributed by atoms with Crippen molar-refractivity contribution < 1.29 is 4.42 Å². The van der Waals surface area contributed by atoms with Crippen LogP contribution in [0.15, 0.2) is 69.6 Å². The summed E-state index contributed by atoms with van der Waals surface area (Å²) in [6.07, 6.45) is 1.73. The smallest absolute Gasteiger partial charge is 0.151 e. The maximum Gasteiger partial charge on any atom is 0.151 e. The number of nitriles is 1. The highest BCUT2D eigenvalue weighted by Gasteiger charge is 2.13. The summed E-state index contributed by atoms with van der Waals surface area (Å²) in [5.74, 6) is 1.99. The number of aromatic nitrogens is 2. The minimum atomic E-state index is 0.459. The van der Waals surface area contributed by atoms with Gasteiger partial charge in [0.25, 0.3) is 0 Å². The second-order valence-electron chi connectivity index (χ2n) is 5.86. The maximum atomic E-state index is 9.63. The fourth-order valence-electron chi connectivity index (χ4n) is 2.88. The third kappa shape index (κ3) is 2.96. The van der Waals surface area contributed by atoms with Crippen LogP contribution in [0.3, 0.4) is 0 Å². The highest BCUT2D eigenvalue weighted by molar-refractivity contribution is 9.10. The van der Waals surface area contributed by atoms with Crippen molar-refractivity contribution in [1.82, 2.24) is 9.55 Å². The Hall–Kier alpha value is -3.10. The Labute approximate surface area is 159 Å². The van der Waals surface area contributed by atoms with Crippen molar-refractivity contribution in [2.45, 2.75) is 0 Å². The summed E-state index contributed by atoms with van der Waals surface area (Å²) in [5, 5.41) is 9.63. The number of benzene rings is 2. The molecule has 2 aromatic heterocycles. The van der Waals surface area contributed by atoms with E-state index < -0.39 is 0 Å². The molecule has 4 rings (SSSR count). The first-order chi connectivity index (χ1) is 12.7. The Morgan fingerprint density at radius 2 is 1.88 bits per heavy atom. The van der Waals surface area contributed by atoms with Crippen LogP contribution in [0.25, 0.3) is 34.0 Å². The van der Waals surface area contributed by atoms with E-state index in [1.807, 2.05) is 72.3 Å².